The van der Waals surface area contributed by atoms with Gasteiger partial charge in [-0.2, -0.15) is 5.10 Å². The molecule has 0 unspecified atom stereocenters. The second-order valence-electron chi connectivity index (χ2n) is 9.34. The van der Waals surface area contributed by atoms with E-state index in [1.807, 2.05) is 67.2 Å². The molecule has 0 saturated carbocycles. The van der Waals surface area contributed by atoms with Gasteiger partial charge >= 0.3 is 6.09 Å². The molecule has 1 aromatic carbocycles. The molecule has 2 amide bonds. The Hall–Kier alpha value is -2.84. The minimum absolute atomic E-state index is 0.0688. The molecule has 3 heterocycles. The molecule has 0 atom stereocenters. The summed E-state index contributed by atoms with van der Waals surface area (Å²) in [6.07, 6.45) is 2.76. The van der Waals surface area contributed by atoms with E-state index in [2.05, 4.69) is 10.4 Å². The molecular formula is C25H29ClN4O3S. The van der Waals surface area contributed by atoms with E-state index < -0.39 is 5.60 Å². The lowest BCUT2D eigenvalue weighted by molar-refractivity contribution is 0.0203. The van der Waals surface area contributed by atoms with E-state index in [1.165, 1.54) is 0 Å². The van der Waals surface area contributed by atoms with Gasteiger partial charge in [0.25, 0.3) is 5.91 Å². The molecule has 1 N–H and O–H groups in total. The second kappa shape index (κ2) is 10.2. The lowest BCUT2D eigenvalue weighted by Gasteiger charge is -2.34. The third-order valence-corrected chi connectivity index (χ3v) is 6.79. The lowest BCUT2D eigenvalue weighted by Crippen LogP contribution is -2.41. The number of halogens is 1. The molecule has 0 aliphatic carbocycles. The van der Waals surface area contributed by atoms with E-state index in [-0.39, 0.29) is 17.9 Å². The van der Waals surface area contributed by atoms with Gasteiger partial charge in [-0.1, -0.05) is 17.7 Å². The number of hydrogen-bond acceptors (Lipinski definition) is 5. The summed E-state index contributed by atoms with van der Waals surface area (Å²) in [5, 5.41) is 10.2. The number of aromatic nitrogens is 2. The number of nitrogens with one attached hydrogen (secondary N) is 1. The molecule has 1 aliphatic rings. The van der Waals surface area contributed by atoms with Gasteiger partial charge in [-0.3, -0.25) is 4.79 Å². The first-order valence-electron chi connectivity index (χ1n) is 11.3. The fourth-order valence-electron chi connectivity index (χ4n) is 4.05. The van der Waals surface area contributed by atoms with Crippen LogP contribution in [0.25, 0.3) is 5.69 Å². The van der Waals surface area contributed by atoms with Crippen LogP contribution in [-0.4, -0.2) is 45.4 Å². The number of rotatable bonds is 5. The van der Waals surface area contributed by atoms with Crippen molar-refractivity contribution in [2.75, 3.05) is 13.1 Å². The Balaban J connectivity index is 1.56. The Morgan fingerprint density at radius 1 is 1.18 bits per heavy atom. The number of carbonyl (C=O) groups is 2. The summed E-state index contributed by atoms with van der Waals surface area (Å²) < 4.78 is 7.35. The van der Waals surface area contributed by atoms with Crippen molar-refractivity contribution in [2.45, 2.75) is 51.7 Å². The van der Waals surface area contributed by atoms with Crippen LogP contribution in [0.5, 0.6) is 0 Å². The maximum Gasteiger partial charge on any atom is 0.410 e. The van der Waals surface area contributed by atoms with Crippen molar-refractivity contribution in [1.29, 1.82) is 0 Å². The molecule has 1 aliphatic heterocycles. The van der Waals surface area contributed by atoms with Gasteiger partial charge in [0.15, 0.2) is 0 Å². The molecule has 3 aromatic rings. The van der Waals surface area contributed by atoms with Crippen molar-refractivity contribution in [2.24, 2.45) is 0 Å². The van der Waals surface area contributed by atoms with Crippen LogP contribution in [0.1, 0.15) is 60.5 Å². The monoisotopic (exact) mass is 500 g/mol. The van der Waals surface area contributed by atoms with Crippen LogP contribution in [0.2, 0.25) is 5.02 Å². The highest BCUT2D eigenvalue weighted by atomic mass is 35.5. The van der Waals surface area contributed by atoms with Crippen molar-refractivity contribution in [3.05, 3.63) is 69.1 Å². The number of benzene rings is 1. The molecule has 4 rings (SSSR count). The van der Waals surface area contributed by atoms with Crippen LogP contribution in [0.4, 0.5) is 4.79 Å². The first kappa shape index (κ1) is 24.3. The summed E-state index contributed by atoms with van der Waals surface area (Å²) in [6.45, 7) is 7.18. The SMILES string of the molecule is CC(C)(C)OC(=O)N1CCC(c2c(C(=O)NCc3cccs3)cnn2-c2ccc(Cl)cc2)CC1. The Labute approximate surface area is 208 Å². The zero-order valence-electron chi connectivity index (χ0n) is 19.6. The minimum atomic E-state index is -0.533. The largest absolute Gasteiger partial charge is 0.444 e. The van der Waals surface area contributed by atoms with Crippen molar-refractivity contribution in [1.82, 2.24) is 20.0 Å². The van der Waals surface area contributed by atoms with Gasteiger partial charge in [0, 0.05) is 28.9 Å². The molecule has 0 spiro atoms. The lowest BCUT2D eigenvalue weighted by atomic mass is 9.91. The van der Waals surface area contributed by atoms with Crippen LogP contribution >= 0.6 is 22.9 Å². The van der Waals surface area contributed by atoms with E-state index in [0.29, 0.717) is 43.1 Å². The quantitative estimate of drug-likeness (QED) is 0.492. The first-order valence-corrected chi connectivity index (χ1v) is 12.6. The number of thiophene rings is 1. The molecule has 7 nitrogen and oxygen atoms in total. The highest BCUT2D eigenvalue weighted by Crippen LogP contribution is 2.33. The summed E-state index contributed by atoms with van der Waals surface area (Å²) in [5.41, 5.74) is 1.72. The summed E-state index contributed by atoms with van der Waals surface area (Å²) in [4.78, 5) is 28.5. The summed E-state index contributed by atoms with van der Waals surface area (Å²) >= 11 is 7.69. The number of nitrogens with zero attached hydrogens (tertiary/aromatic N) is 3. The summed E-state index contributed by atoms with van der Waals surface area (Å²) in [5.74, 6) is -0.0856. The molecule has 1 fully saturated rings. The number of likely N-dealkylation sites (tertiary alicyclic amines) is 1. The smallest absolute Gasteiger partial charge is 0.410 e. The molecule has 34 heavy (non-hydrogen) atoms. The van der Waals surface area contributed by atoms with Gasteiger partial charge in [0.2, 0.25) is 0 Å². The maximum absolute atomic E-state index is 13.2. The number of piperidine rings is 1. The molecule has 180 valence electrons. The fraction of sp³-hybridized carbons (Fsp3) is 0.400. The van der Waals surface area contributed by atoms with Gasteiger partial charge in [-0.25, -0.2) is 9.48 Å². The molecule has 2 aromatic heterocycles. The average Bonchev–Trinajstić information content (AvgIpc) is 3.47. The molecule has 1 saturated heterocycles. The van der Waals surface area contributed by atoms with Crippen LogP contribution in [0, 0.1) is 0 Å². The third kappa shape index (κ3) is 5.80. The number of hydrogen-bond donors (Lipinski definition) is 1. The van der Waals surface area contributed by atoms with Crippen molar-refractivity contribution in [3.8, 4) is 5.69 Å². The fourth-order valence-corrected chi connectivity index (χ4v) is 4.82. The van der Waals surface area contributed by atoms with E-state index in [1.54, 1.807) is 22.4 Å². The van der Waals surface area contributed by atoms with Gasteiger partial charge in [-0.15, -0.1) is 11.3 Å². The molecule has 9 heteroatoms. The number of ether oxygens (including phenoxy) is 1. The standard InChI is InChI=1S/C25H29ClN4O3S/c1-25(2,3)33-24(32)29-12-10-17(11-13-29)22-21(23(31)27-15-20-5-4-14-34-20)16-28-30(22)19-8-6-18(26)7-9-19/h4-9,14,16-17H,10-13,15H2,1-3H3,(H,27,31). The van der Waals surface area contributed by atoms with Crippen LogP contribution in [0.3, 0.4) is 0 Å². The highest BCUT2D eigenvalue weighted by molar-refractivity contribution is 7.09. The molecular weight excluding hydrogens is 472 g/mol. The maximum atomic E-state index is 13.2. The summed E-state index contributed by atoms with van der Waals surface area (Å²) in [7, 11) is 0. The summed E-state index contributed by atoms with van der Waals surface area (Å²) in [6, 6.07) is 11.4. The second-order valence-corrected chi connectivity index (χ2v) is 10.8. The zero-order valence-corrected chi connectivity index (χ0v) is 21.2. The van der Waals surface area contributed by atoms with Gasteiger partial charge in [0.05, 0.1) is 29.7 Å². The Morgan fingerprint density at radius 2 is 1.88 bits per heavy atom. The van der Waals surface area contributed by atoms with Crippen LogP contribution in [0.15, 0.2) is 48.0 Å². The average molecular weight is 501 g/mol. The predicted molar refractivity (Wildman–Crippen MR) is 134 cm³/mol. The van der Waals surface area contributed by atoms with Crippen molar-refractivity contribution >= 4 is 34.9 Å². The normalized spacial score (nSPS) is 14.8. The van der Waals surface area contributed by atoms with Crippen LogP contribution < -0.4 is 5.32 Å². The van der Waals surface area contributed by atoms with Gasteiger partial charge in [0.1, 0.15) is 5.60 Å². The predicted octanol–water partition coefficient (Wildman–Crippen LogP) is 5.63. The van der Waals surface area contributed by atoms with E-state index in [9.17, 15) is 9.59 Å². The Kier molecular flexibility index (Phi) is 7.28. The molecule has 0 radical (unpaired) electrons. The third-order valence-electron chi connectivity index (χ3n) is 5.66. The Bertz CT molecular complexity index is 1130. The van der Waals surface area contributed by atoms with Crippen LogP contribution in [-0.2, 0) is 11.3 Å². The van der Waals surface area contributed by atoms with E-state index >= 15 is 0 Å². The zero-order chi connectivity index (χ0) is 24.3. The minimum Gasteiger partial charge on any atom is -0.444 e. The number of carbonyl (C=O) groups excluding carboxylic acids is 2. The van der Waals surface area contributed by atoms with Crippen molar-refractivity contribution < 1.29 is 14.3 Å². The van der Waals surface area contributed by atoms with Crippen molar-refractivity contribution in [3.63, 3.8) is 0 Å². The topological polar surface area (TPSA) is 76.5 Å². The highest BCUT2D eigenvalue weighted by Gasteiger charge is 2.32. The first-order chi connectivity index (χ1) is 16.2. The molecule has 0 bridgehead atoms. The Morgan fingerprint density at radius 3 is 2.50 bits per heavy atom. The van der Waals surface area contributed by atoms with E-state index in [0.717, 1.165) is 16.3 Å². The number of amides is 2. The van der Waals surface area contributed by atoms with Gasteiger partial charge in [-0.05, 0) is 69.3 Å². The van der Waals surface area contributed by atoms with Gasteiger partial charge < -0.3 is 15.0 Å². The van der Waals surface area contributed by atoms with E-state index in [4.69, 9.17) is 16.3 Å².